The summed E-state index contributed by atoms with van der Waals surface area (Å²) in [7, 11) is -3.50. The highest BCUT2D eigenvalue weighted by Gasteiger charge is 2.24. The summed E-state index contributed by atoms with van der Waals surface area (Å²) in [6.45, 7) is 6.66. The van der Waals surface area contributed by atoms with Crippen LogP contribution in [-0.2, 0) is 23.0 Å². The van der Waals surface area contributed by atoms with Crippen LogP contribution in [0.2, 0.25) is 5.02 Å². The number of rotatable bonds is 9. The third-order valence-corrected chi connectivity index (χ3v) is 8.73. The molecule has 0 aliphatic rings. The van der Waals surface area contributed by atoms with E-state index < -0.39 is 10.0 Å². The fraction of sp³-hybridized carbons (Fsp3) is 0.333. The van der Waals surface area contributed by atoms with Gasteiger partial charge in [-0.1, -0.05) is 32.4 Å². The molecule has 0 fully saturated rings. The highest BCUT2D eigenvalue weighted by Crippen LogP contribution is 2.25. The van der Waals surface area contributed by atoms with E-state index in [-0.39, 0.29) is 16.7 Å². The van der Waals surface area contributed by atoms with E-state index in [9.17, 15) is 13.2 Å². The molecule has 1 amide bonds. The number of nitrogens with zero attached hydrogens (tertiary/aromatic N) is 3. The van der Waals surface area contributed by atoms with E-state index in [1.165, 1.54) is 15.6 Å². The zero-order valence-electron chi connectivity index (χ0n) is 17.6. The zero-order valence-corrected chi connectivity index (χ0v) is 20.0. The Morgan fingerprint density at radius 3 is 2.42 bits per heavy atom. The standard InChI is InChI=1S/C21H25ClN4O3S2/c1-4-19-18(14-24-26(19)16-9-7-15(22)8-10-16)21(27)23-13-17-11-12-20(30-17)31(28,29)25(5-2)6-3/h7-12,14H,4-6,13H2,1-3H3,(H,23,27). The predicted molar refractivity (Wildman–Crippen MR) is 124 cm³/mol. The number of benzene rings is 1. The highest BCUT2D eigenvalue weighted by molar-refractivity contribution is 7.91. The Balaban J connectivity index is 1.74. The number of hydrogen-bond acceptors (Lipinski definition) is 5. The molecular weight excluding hydrogens is 456 g/mol. The molecule has 166 valence electrons. The van der Waals surface area contributed by atoms with Crippen molar-refractivity contribution >= 4 is 38.9 Å². The van der Waals surface area contributed by atoms with Crippen LogP contribution < -0.4 is 5.32 Å². The Morgan fingerprint density at radius 1 is 1.13 bits per heavy atom. The van der Waals surface area contributed by atoms with Gasteiger partial charge in [0.2, 0.25) is 0 Å². The van der Waals surface area contributed by atoms with Crippen LogP contribution in [0.4, 0.5) is 0 Å². The van der Waals surface area contributed by atoms with Crippen molar-refractivity contribution < 1.29 is 13.2 Å². The van der Waals surface area contributed by atoms with Crippen molar-refractivity contribution in [2.24, 2.45) is 0 Å². The smallest absolute Gasteiger partial charge is 0.255 e. The molecule has 0 unspecified atom stereocenters. The van der Waals surface area contributed by atoms with Gasteiger partial charge >= 0.3 is 0 Å². The van der Waals surface area contributed by atoms with Gasteiger partial charge in [0, 0.05) is 23.0 Å². The highest BCUT2D eigenvalue weighted by atomic mass is 35.5. The lowest BCUT2D eigenvalue weighted by molar-refractivity contribution is 0.0950. The second-order valence-corrected chi connectivity index (χ2v) is 10.5. The van der Waals surface area contributed by atoms with E-state index in [0.29, 0.717) is 30.1 Å². The van der Waals surface area contributed by atoms with Crippen molar-refractivity contribution in [3.8, 4) is 5.69 Å². The van der Waals surface area contributed by atoms with Crippen molar-refractivity contribution in [2.75, 3.05) is 13.1 Å². The van der Waals surface area contributed by atoms with Gasteiger partial charge < -0.3 is 5.32 Å². The molecule has 0 atom stereocenters. The minimum absolute atomic E-state index is 0.243. The third kappa shape index (κ3) is 5.01. The van der Waals surface area contributed by atoms with Crippen LogP contribution in [0.15, 0.2) is 46.8 Å². The van der Waals surface area contributed by atoms with Gasteiger partial charge in [-0.2, -0.15) is 9.40 Å². The maximum absolute atomic E-state index is 12.8. The van der Waals surface area contributed by atoms with Gasteiger partial charge in [-0.25, -0.2) is 13.1 Å². The van der Waals surface area contributed by atoms with Crippen LogP contribution in [0, 0.1) is 0 Å². The molecule has 0 aliphatic heterocycles. The van der Waals surface area contributed by atoms with E-state index >= 15 is 0 Å². The monoisotopic (exact) mass is 480 g/mol. The summed E-state index contributed by atoms with van der Waals surface area (Å²) in [6, 6.07) is 10.6. The second kappa shape index (κ2) is 9.95. The van der Waals surface area contributed by atoms with Crippen molar-refractivity contribution in [1.82, 2.24) is 19.4 Å². The average molecular weight is 481 g/mol. The Labute approximate surface area is 191 Å². The molecule has 10 heteroatoms. The molecular formula is C21H25ClN4O3S2. The summed E-state index contributed by atoms with van der Waals surface area (Å²) >= 11 is 7.13. The van der Waals surface area contributed by atoms with Gasteiger partial charge in [-0.15, -0.1) is 11.3 Å². The van der Waals surface area contributed by atoms with Crippen LogP contribution in [0.3, 0.4) is 0 Å². The number of halogens is 1. The van der Waals surface area contributed by atoms with Gasteiger partial charge in [-0.05, 0) is 42.8 Å². The van der Waals surface area contributed by atoms with Crippen LogP contribution >= 0.6 is 22.9 Å². The largest absolute Gasteiger partial charge is 0.347 e. The lowest BCUT2D eigenvalue weighted by Crippen LogP contribution is -2.30. The summed E-state index contributed by atoms with van der Waals surface area (Å²) in [5.74, 6) is -0.251. The van der Waals surface area contributed by atoms with Gasteiger partial charge in [0.25, 0.3) is 15.9 Å². The van der Waals surface area contributed by atoms with E-state index in [4.69, 9.17) is 11.6 Å². The maximum atomic E-state index is 12.8. The van der Waals surface area contributed by atoms with Crippen molar-refractivity contribution in [3.63, 3.8) is 0 Å². The lowest BCUT2D eigenvalue weighted by Gasteiger charge is -2.16. The number of thiophene rings is 1. The molecule has 31 heavy (non-hydrogen) atoms. The Morgan fingerprint density at radius 2 is 1.81 bits per heavy atom. The first-order chi connectivity index (χ1) is 14.8. The first-order valence-corrected chi connectivity index (χ1v) is 12.6. The fourth-order valence-corrected chi connectivity index (χ4v) is 6.29. The molecule has 0 radical (unpaired) electrons. The zero-order chi connectivity index (χ0) is 22.6. The molecule has 2 aromatic heterocycles. The van der Waals surface area contributed by atoms with Crippen molar-refractivity contribution in [1.29, 1.82) is 0 Å². The minimum Gasteiger partial charge on any atom is -0.347 e. The maximum Gasteiger partial charge on any atom is 0.255 e. The summed E-state index contributed by atoms with van der Waals surface area (Å²) in [6.07, 6.45) is 2.17. The Bertz CT molecular complexity index is 1150. The molecule has 1 aromatic carbocycles. The van der Waals surface area contributed by atoms with Gasteiger partial charge in [-0.3, -0.25) is 4.79 Å². The third-order valence-electron chi connectivity index (χ3n) is 4.88. The molecule has 0 saturated carbocycles. The van der Waals surface area contributed by atoms with Crippen molar-refractivity contribution in [2.45, 2.75) is 37.9 Å². The number of carbonyl (C=O) groups excluding carboxylic acids is 1. The summed E-state index contributed by atoms with van der Waals surface area (Å²) in [5.41, 5.74) is 2.10. The normalized spacial score (nSPS) is 11.8. The number of carbonyl (C=O) groups is 1. The van der Waals surface area contributed by atoms with Crippen LogP contribution in [0.5, 0.6) is 0 Å². The summed E-state index contributed by atoms with van der Waals surface area (Å²) in [4.78, 5) is 13.6. The quantitative estimate of drug-likeness (QED) is 0.499. The molecule has 1 N–H and O–H groups in total. The molecule has 3 aromatic rings. The summed E-state index contributed by atoms with van der Waals surface area (Å²) < 4.78 is 28.7. The Hall–Kier alpha value is -2.20. The number of amides is 1. The Kier molecular flexibility index (Phi) is 7.53. The first-order valence-electron chi connectivity index (χ1n) is 10.0. The first kappa shape index (κ1) is 23.5. The molecule has 2 heterocycles. The van der Waals surface area contributed by atoms with Crippen LogP contribution in [0.1, 0.15) is 41.7 Å². The molecule has 0 aliphatic carbocycles. The molecule has 0 spiro atoms. The van der Waals surface area contributed by atoms with Gasteiger partial charge in [0.1, 0.15) is 4.21 Å². The van der Waals surface area contributed by atoms with Crippen LogP contribution in [-0.4, -0.2) is 41.5 Å². The van der Waals surface area contributed by atoms with E-state index in [1.807, 2.05) is 32.9 Å². The number of sulfonamides is 1. The predicted octanol–water partition coefficient (Wildman–Crippen LogP) is 4.11. The van der Waals surface area contributed by atoms with Crippen LogP contribution in [0.25, 0.3) is 5.69 Å². The number of aromatic nitrogens is 2. The van der Waals surface area contributed by atoms with Gasteiger partial charge in [0.15, 0.2) is 0 Å². The molecule has 0 saturated heterocycles. The SMILES string of the molecule is CCc1c(C(=O)NCc2ccc(S(=O)(=O)N(CC)CC)s2)cnn1-c1ccc(Cl)cc1. The number of hydrogen-bond donors (Lipinski definition) is 1. The van der Waals surface area contributed by atoms with Crippen molar-refractivity contribution in [3.05, 3.63) is 63.8 Å². The number of nitrogens with one attached hydrogen (secondary N) is 1. The average Bonchev–Trinajstić information content (AvgIpc) is 3.41. The summed E-state index contributed by atoms with van der Waals surface area (Å²) in [5, 5.41) is 7.87. The van der Waals surface area contributed by atoms with E-state index in [2.05, 4.69) is 10.4 Å². The second-order valence-electron chi connectivity index (χ2n) is 6.74. The lowest BCUT2D eigenvalue weighted by atomic mass is 10.2. The fourth-order valence-electron chi connectivity index (χ4n) is 3.25. The molecule has 7 nitrogen and oxygen atoms in total. The minimum atomic E-state index is -3.50. The molecule has 3 rings (SSSR count). The van der Waals surface area contributed by atoms with Gasteiger partial charge in [0.05, 0.1) is 29.7 Å². The van der Waals surface area contributed by atoms with E-state index in [0.717, 1.165) is 16.3 Å². The van der Waals surface area contributed by atoms with E-state index in [1.54, 1.807) is 35.1 Å². The molecule has 0 bridgehead atoms. The topological polar surface area (TPSA) is 84.3 Å².